The molecule has 1 aliphatic heterocycles. The van der Waals surface area contributed by atoms with Crippen LogP contribution in [0.3, 0.4) is 0 Å². The average molecular weight is 256 g/mol. The van der Waals surface area contributed by atoms with Crippen molar-refractivity contribution in [1.82, 2.24) is 0 Å². The van der Waals surface area contributed by atoms with Crippen molar-refractivity contribution in [3.05, 3.63) is 65.2 Å². The van der Waals surface area contributed by atoms with Crippen LogP contribution in [-0.2, 0) is 4.79 Å². The lowest BCUT2D eigenvalue weighted by Gasteiger charge is -2.19. The maximum Gasteiger partial charge on any atom is 0.170 e. The van der Waals surface area contributed by atoms with Crippen LogP contribution in [0.2, 0.25) is 5.02 Å². The first-order valence-electron chi connectivity index (χ1n) is 5.69. The fourth-order valence-electron chi connectivity index (χ4n) is 2.08. The fourth-order valence-corrected chi connectivity index (χ4v) is 2.31. The summed E-state index contributed by atoms with van der Waals surface area (Å²) in [5.41, 5.74) is 2.21. The highest BCUT2D eigenvalue weighted by Gasteiger charge is 2.25. The summed E-state index contributed by atoms with van der Waals surface area (Å²) in [7, 11) is 0. The normalized spacial score (nSPS) is 21.4. The van der Waals surface area contributed by atoms with E-state index in [0.717, 1.165) is 11.3 Å². The number of hydrogen-bond acceptors (Lipinski definition) is 2. The van der Waals surface area contributed by atoms with E-state index in [4.69, 9.17) is 11.6 Å². The second kappa shape index (κ2) is 4.39. The Balaban J connectivity index is 2.08. The van der Waals surface area contributed by atoms with Crippen molar-refractivity contribution in [3.8, 4) is 0 Å². The summed E-state index contributed by atoms with van der Waals surface area (Å²) in [6.45, 7) is 0. The first-order valence-corrected chi connectivity index (χ1v) is 6.07. The van der Waals surface area contributed by atoms with Crippen molar-refractivity contribution in [2.45, 2.75) is 0 Å². The van der Waals surface area contributed by atoms with Gasteiger partial charge in [0.15, 0.2) is 5.78 Å². The fraction of sp³-hybridized carbons (Fsp3) is 0.0667. The third-order valence-corrected chi connectivity index (χ3v) is 3.31. The molecule has 0 N–H and O–H groups in total. The predicted octanol–water partition coefficient (Wildman–Crippen LogP) is 3.45. The van der Waals surface area contributed by atoms with Crippen LogP contribution in [0.25, 0.3) is 5.70 Å². The molecule has 0 saturated carbocycles. The molecule has 18 heavy (non-hydrogen) atoms. The zero-order chi connectivity index (χ0) is 12.5. The van der Waals surface area contributed by atoms with Crippen LogP contribution in [-0.4, -0.2) is 11.5 Å². The zero-order valence-corrected chi connectivity index (χ0v) is 10.3. The number of halogens is 1. The summed E-state index contributed by atoms with van der Waals surface area (Å²) in [5, 5.41) is 0.606. The minimum Gasteiger partial charge on any atom is -0.294 e. The van der Waals surface area contributed by atoms with E-state index < -0.39 is 0 Å². The summed E-state index contributed by atoms with van der Waals surface area (Å²) in [4.78, 5) is 16.6. The van der Waals surface area contributed by atoms with Crippen molar-refractivity contribution in [2.75, 3.05) is 0 Å². The molecule has 1 atom stereocenters. The number of hydrogen-bond donors (Lipinski definition) is 0. The first-order chi connectivity index (χ1) is 8.75. The number of carbonyl (C=O) groups is 1. The van der Waals surface area contributed by atoms with Crippen molar-refractivity contribution in [2.24, 2.45) is 10.9 Å². The highest BCUT2D eigenvalue weighted by atomic mass is 35.5. The van der Waals surface area contributed by atoms with E-state index in [1.807, 2.05) is 42.5 Å². The molecule has 3 rings (SSSR count). The van der Waals surface area contributed by atoms with Gasteiger partial charge in [0, 0.05) is 16.7 Å². The van der Waals surface area contributed by atoms with E-state index in [9.17, 15) is 4.79 Å². The van der Waals surface area contributed by atoms with Crippen molar-refractivity contribution in [1.29, 1.82) is 0 Å². The third-order valence-electron chi connectivity index (χ3n) is 2.99. The van der Waals surface area contributed by atoms with Crippen molar-refractivity contribution >= 4 is 28.8 Å². The molecule has 1 unspecified atom stereocenters. The Bertz CT molecular complexity index is 638. The highest BCUT2D eigenvalue weighted by molar-refractivity contribution is 6.33. The molecule has 0 saturated heterocycles. The van der Waals surface area contributed by atoms with Crippen LogP contribution in [0.4, 0.5) is 0 Å². The summed E-state index contributed by atoms with van der Waals surface area (Å²) in [6, 6.07) is 7.41. The van der Waals surface area contributed by atoms with Gasteiger partial charge in [-0.25, -0.2) is 0 Å². The molecule has 0 spiro atoms. The molecule has 0 bridgehead atoms. The van der Waals surface area contributed by atoms with Crippen LogP contribution >= 0.6 is 11.6 Å². The number of carbonyl (C=O) groups excluding carboxylic acids is 1. The molecule has 1 heterocycles. The van der Waals surface area contributed by atoms with Gasteiger partial charge in [-0.05, 0) is 12.1 Å². The Morgan fingerprint density at radius 1 is 1.17 bits per heavy atom. The summed E-state index contributed by atoms with van der Waals surface area (Å²) in [5.74, 6) is -0.184. The van der Waals surface area contributed by atoms with Gasteiger partial charge in [0.05, 0.1) is 17.3 Å². The summed E-state index contributed by atoms with van der Waals surface area (Å²) < 4.78 is 0. The van der Waals surface area contributed by atoms with Gasteiger partial charge < -0.3 is 0 Å². The van der Waals surface area contributed by atoms with Gasteiger partial charge >= 0.3 is 0 Å². The Labute approximate surface area is 110 Å². The van der Waals surface area contributed by atoms with E-state index in [-0.39, 0.29) is 11.7 Å². The topological polar surface area (TPSA) is 29.4 Å². The van der Waals surface area contributed by atoms with Gasteiger partial charge in [0.1, 0.15) is 0 Å². The number of nitrogens with zero attached hydrogens (tertiary/aromatic N) is 1. The summed E-state index contributed by atoms with van der Waals surface area (Å²) in [6.07, 6.45) is 9.06. The second-order valence-corrected chi connectivity index (χ2v) is 4.58. The van der Waals surface area contributed by atoms with E-state index in [1.165, 1.54) is 0 Å². The van der Waals surface area contributed by atoms with Gasteiger partial charge in [-0.3, -0.25) is 9.79 Å². The molecule has 0 amide bonds. The third kappa shape index (κ3) is 1.85. The van der Waals surface area contributed by atoms with Crippen LogP contribution in [0.1, 0.15) is 5.56 Å². The van der Waals surface area contributed by atoms with Crippen LogP contribution in [0, 0.1) is 5.92 Å². The smallest absolute Gasteiger partial charge is 0.170 e. The minimum atomic E-state index is -0.235. The number of benzene rings is 1. The SMILES string of the molecule is O=C1C=C(c2ccccc2Cl)N=C2C=CC=CC12. The van der Waals surface area contributed by atoms with E-state index in [2.05, 4.69) is 4.99 Å². The maximum absolute atomic E-state index is 12.0. The molecule has 0 radical (unpaired) electrons. The van der Waals surface area contributed by atoms with E-state index in [0.29, 0.717) is 10.7 Å². The first kappa shape index (κ1) is 11.2. The average Bonchev–Trinajstić information content (AvgIpc) is 2.39. The quantitative estimate of drug-likeness (QED) is 0.756. The Hall–Kier alpha value is -1.93. The molecule has 2 aliphatic rings. The second-order valence-electron chi connectivity index (χ2n) is 4.17. The minimum absolute atomic E-state index is 0.0514. The van der Waals surface area contributed by atoms with Crippen LogP contribution in [0.15, 0.2) is 59.6 Å². The van der Waals surface area contributed by atoms with Crippen molar-refractivity contribution in [3.63, 3.8) is 0 Å². The van der Waals surface area contributed by atoms with Gasteiger partial charge in [0.25, 0.3) is 0 Å². The number of fused-ring (bicyclic) bond motifs is 1. The molecule has 88 valence electrons. The van der Waals surface area contributed by atoms with Gasteiger partial charge in [-0.15, -0.1) is 0 Å². The standard InChI is InChI=1S/C15H10ClNO/c16-12-7-3-1-5-10(12)14-9-15(18)11-6-2-4-8-13(11)17-14/h1-9,11H. The lowest BCUT2D eigenvalue weighted by molar-refractivity contribution is -0.115. The molecule has 0 fully saturated rings. The van der Waals surface area contributed by atoms with Crippen LogP contribution in [0.5, 0.6) is 0 Å². The lowest BCUT2D eigenvalue weighted by atomic mass is 9.90. The van der Waals surface area contributed by atoms with E-state index in [1.54, 1.807) is 12.1 Å². The monoisotopic (exact) mass is 255 g/mol. The maximum atomic E-state index is 12.0. The lowest BCUT2D eigenvalue weighted by Crippen LogP contribution is -2.24. The molecule has 0 aromatic heterocycles. The molecular formula is C15H10ClNO. The van der Waals surface area contributed by atoms with Gasteiger partial charge in [-0.2, -0.15) is 0 Å². The summed E-state index contributed by atoms with van der Waals surface area (Å²) >= 11 is 6.13. The molecule has 1 aliphatic carbocycles. The number of allylic oxidation sites excluding steroid dienone is 5. The Kier molecular flexibility index (Phi) is 2.73. The number of rotatable bonds is 1. The molecule has 2 nitrogen and oxygen atoms in total. The number of ketones is 1. The molecular weight excluding hydrogens is 246 g/mol. The highest BCUT2D eigenvalue weighted by Crippen LogP contribution is 2.29. The molecule has 1 aromatic rings. The molecule has 3 heteroatoms. The Morgan fingerprint density at radius 3 is 2.83 bits per heavy atom. The predicted molar refractivity (Wildman–Crippen MR) is 73.6 cm³/mol. The Morgan fingerprint density at radius 2 is 2.00 bits per heavy atom. The van der Waals surface area contributed by atoms with E-state index >= 15 is 0 Å². The molecule has 1 aromatic carbocycles. The van der Waals surface area contributed by atoms with Gasteiger partial charge in [0.2, 0.25) is 0 Å². The largest absolute Gasteiger partial charge is 0.294 e. The zero-order valence-electron chi connectivity index (χ0n) is 9.51. The van der Waals surface area contributed by atoms with Crippen molar-refractivity contribution < 1.29 is 4.79 Å². The number of aliphatic imine (C=N–C) groups is 1. The van der Waals surface area contributed by atoms with Crippen LogP contribution < -0.4 is 0 Å². The van der Waals surface area contributed by atoms with Gasteiger partial charge in [-0.1, -0.05) is 48.0 Å².